The van der Waals surface area contributed by atoms with Gasteiger partial charge in [-0.25, -0.2) is 4.98 Å². The second kappa shape index (κ2) is 4.87. The van der Waals surface area contributed by atoms with E-state index in [4.69, 9.17) is 11.6 Å². The molecule has 1 aromatic heterocycles. The van der Waals surface area contributed by atoms with Crippen molar-refractivity contribution in [2.75, 3.05) is 11.9 Å². The van der Waals surface area contributed by atoms with Crippen LogP contribution in [0, 0.1) is 10.1 Å². The average Bonchev–Trinajstić information content (AvgIpc) is 3.09. The lowest BCUT2D eigenvalue weighted by Gasteiger charge is -2.09. The van der Waals surface area contributed by atoms with E-state index in [9.17, 15) is 10.1 Å². The van der Waals surface area contributed by atoms with Crippen LogP contribution >= 0.6 is 11.6 Å². The molecule has 1 atom stereocenters. The summed E-state index contributed by atoms with van der Waals surface area (Å²) < 4.78 is 0. The SMILES string of the molecule is CC(Cl)CNc1nccc(C2CC2)c1[N+](=O)[O-]. The Hall–Kier alpha value is -1.36. The largest absolute Gasteiger partial charge is 0.363 e. The maximum Gasteiger partial charge on any atom is 0.314 e. The van der Waals surface area contributed by atoms with Gasteiger partial charge in [-0.05, 0) is 31.7 Å². The molecule has 1 fully saturated rings. The Morgan fingerprint density at radius 2 is 2.41 bits per heavy atom. The molecule has 1 aromatic rings. The van der Waals surface area contributed by atoms with Crippen molar-refractivity contribution in [3.8, 4) is 0 Å². The standard InChI is InChI=1S/C11H14ClN3O2/c1-7(12)6-14-11-10(15(16)17)9(4-5-13-11)8-2-3-8/h4-5,7-8H,2-3,6H2,1H3,(H,13,14). The Kier molecular flexibility index (Phi) is 3.47. The Morgan fingerprint density at radius 3 is 2.94 bits per heavy atom. The summed E-state index contributed by atoms with van der Waals surface area (Å²) in [6.07, 6.45) is 3.66. The monoisotopic (exact) mass is 255 g/mol. The molecule has 0 radical (unpaired) electrons. The molecular formula is C11H14ClN3O2. The molecule has 1 unspecified atom stereocenters. The molecule has 0 bridgehead atoms. The summed E-state index contributed by atoms with van der Waals surface area (Å²) in [5.41, 5.74) is 0.891. The number of nitrogens with one attached hydrogen (secondary N) is 1. The molecule has 5 nitrogen and oxygen atoms in total. The molecule has 2 rings (SSSR count). The van der Waals surface area contributed by atoms with Crippen molar-refractivity contribution in [2.24, 2.45) is 0 Å². The van der Waals surface area contributed by atoms with Crippen molar-refractivity contribution in [1.29, 1.82) is 0 Å². The maximum absolute atomic E-state index is 11.1. The number of nitrogens with zero attached hydrogens (tertiary/aromatic N) is 2. The number of aromatic nitrogens is 1. The summed E-state index contributed by atoms with van der Waals surface area (Å²) in [6.45, 7) is 2.29. The first kappa shape index (κ1) is 12.1. The molecule has 1 N–H and O–H groups in total. The molecule has 0 spiro atoms. The van der Waals surface area contributed by atoms with E-state index in [1.807, 2.05) is 6.92 Å². The van der Waals surface area contributed by atoms with Crippen LogP contribution in [0.25, 0.3) is 0 Å². The van der Waals surface area contributed by atoms with Crippen molar-refractivity contribution < 1.29 is 4.92 Å². The van der Waals surface area contributed by atoms with E-state index >= 15 is 0 Å². The molecular weight excluding hydrogens is 242 g/mol. The molecule has 6 heteroatoms. The number of nitro groups is 1. The van der Waals surface area contributed by atoms with Gasteiger partial charge >= 0.3 is 5.69 Å². The van der Waals surface area contributed by atoms with Crippen LogP contribution in [0.4, 0.5) is 11.5 Å². The molecule has 0 aromatic carbocycles. The molecule has 17 heavy (non-hydrogen) atoms. The van der Waals surface area contributed by atoms with Gasteiger partial charge in [-0.3, -0.25) is 10.1 Å². The highest BCUT2D eigenvalue weighted by Gasteiger charge is 2.33. The summed E-state index contributed by atoms with van der Waals surface area (Å²) in [5, 5.41) is 13.9. The van der Waals surface area contributed by atoms with Crippen LogP contribution in [0.5, 0.6) is 0 Å². The highest BCUT2D eigenvalue weighted by Crippen LogP contribution is 2.45. The lowest BCUT2D eigenvalue weighted by molar-refractivity contribution is -0.384. The van der Waals surface area contributed by atoms with Gasteiger partial charge in [0.1, 0.15) is 0 Å². The number of halogens is 1. The summed E-state index contributed by atoms with van der Waals surface area (Å²) in [5.74, 6) is 0.652. The molecule has 92 valence electrons. The van der Waals surface area contributed by atoms with Crippen LogP contribution in [-0.2, 0) is 0 Å². The first-order chi connectivity index (χ1) is 8.09. The number of hydrogen-bond donors (Lipinski definition) is 1. The minimum atomic E-state index is -0.359. The van der Waals surface area contributed by atoms with E-state index in [0.717, 1.165) is 18.4 Å². The van der Waals surface area contributed by atoms with Crippen LogP contribution in [0.3, 0.4) is 0 Å². The zero-order valence-electron chi connectivity index (χ0n) is 9.52. The topological polar surface area (TPSA) is 68.1 Å². The third-order valence-electron chi connectivity index (χ3n) is 2.71. The Bertz CT molecular complexity index is 433. The van der Waals surface area contributed by atoms with Crippen molar-refractivity contribution in [3.63, 3.8) is 0 Å². The zero-order chi connectivity index (χ0) is 12.4. The van der Waals surface area contributed by atoms with Gasteiger partial charge in [0.05, 0.1) is 4.92 Å². The Balaban J connectivity index is 2.29. The van der Waals surface area contributed by atoms with Crippen LogP contribution in [-0.4, -0.2) is 21.8 Å². The minimum absolute atomic E-state index is 0.0963. The van der Waals surface area contributed by atoms with Crippen LogP contribution in [0.1, 0.15) is 31.2 Å². The predicted molar refractivity (Wildman–Crippen MR) is 66.7 cm³/mol. The number of rotatable bonds is 5. The van der Waals surface area contributed by atoms with E-state index in [0.29, 0.717) is 18.3 Å². The van der Waals surface area contributed by atoms with Crippen molar-refractivity contribution in [3.05, 3.63) is 27.9 Å². The molecule has 0 aliphatic heterocycles. The number of hydrogen-bond acceptors (Lipinski definition) is 4. The van der Waals surface area contributed by atoms with E-state index in [2.05, 4.69) is 10.3 Å². The predicted octanol–water partition coefficient (Wildman–Crippen LogP) is 2.91. The van der Waals surface area contributed by atoms with Crippen molar-refractivity contribution in [2.45, 2.75) is 31.1 Å². The third kappa shape index (κ3) is 2.85. The fourth-order valence-electron chi connectivity index (χ4n) is 1.75. The van der Waals surface area contributed by atoms with E-state index in [-0.39, 0.29) is 16.0 Å². The smallest absolute Gasteiger partial charge is 0.314 e. The van der Waals surface area contributed by atoms with E-state index in [1.165, 1.54) is 0 Å². The normalized spacial score (nSPS) is 16.6. The molecule has 1 aliphatic rings. The number of alkyl halides is 1. The van der Waals surface area contributed by atoms with Gasteiger partial charge in [0, 0.05) is 23.7 Å². The highest BCUT2D eigenvalue weighted by molar-refractivity contribution is 6.20. The van der Waals surface area contributed by atoms with Gasteiger partial charge in [-0.1, -0.05) is 0 Å². The first-order valence-electron chi connectivity index (χ1n) is 5.61. The average molecular weight is 256 g/mol. The molecule has 0 saturated heterocycles. The van der Waals surface area contributed by atoms with Gasteiger partial charge in [0.25, 0.3) is 0 Å². The molecule has 1 heterocycles. The fraction of sp³-hybridized carbons (Fsp3) is 0.545. The van der Waals surface area contributed by atoms with E-state index < -0.39 is 0 Å². The second-order valence-electron chi connectivity index (χ2n) is 4.29. The van der Waals surface area contributed by atoms with Crippen molar-refractivity contribution in [1.82, 2.24) is 4.98 Å². The van der Waals surface area contributed by atoms with Gasteiger partial charge in [0.2, 0.25) is 5.82 Å². The van der Waals surface area contributed by atoms with E-state index in [1.54, 1.807) is 12.3 Å². The first-order valence-corrected chi connectivity index (χ1v) is 6.04. The Morgan fingerprint density at radius 1 is 1.71 bits per heavy atom. The van der Waals surface area contributed by atoms with Crippen molar-refractivity contribution >= 4 is 23.1 Å². The highest BCUT2D eigenvalue weighted by atomic mass is 35.5. The molecule has 0 amide bonds. The molecule has 1 aliphatic carbocycles. The summed E-state index contributed by atoms with van der Waals surface area (Å²) in [6, 6.07) is 1.74. The Labute approximate surface area is 104 Å². The lowest BCUT2D eigenvalue weighted by atomic mass is 10.1. The summed E-state index contributed by atoms with van der Waals surface area (Å²) in [4.78, 5) is 14.8. The van der Waals surface area contributed by atoms with Gasteiger partial charge in [-0.2, -0.15) is 0 Å². The van der Waals surface area contributed by atoms with Gasteiger partial charge in [-0.15, -0.1) is 11.6 Å². The summed E-state index contributed by atoms with van der Waals surface area (Å²) in [7, 11) is 0. The van der Waals surface area contributed by atoms with Crippen LogP contribution < -0.4 is 5.32 Å². The second-order valence-corrected chi connectivity index (χ2v) is 5.04. The quantitative estimate of drug-likeness (QED) is 0.499. The van der Waals surface area contributed by atoms with Gasteiger partial charge < -0.3 is 5.32 Å². The van der Waals surface area contributed by atoms with Crippen LogP contribution in [0.2, 0.25) is 0 Å². The minimum Gasteiger partial charge on any atom is -0.363 e. The third-order valence-corrected chi connectivity index (χ3v) is 2.86. The summed E-state index contributed by atoms with van der Waals surface area (Å²) >= 11 is 5.81. The molecule has 1 saturated carbocycles. The fourth-order valence-corrected chi connectivity index (χ4v) is 1.83. The lowest BCUT2D eigenvalue weighted by Crippen LogP contribution is -2.13. The number of anilines is 1. The zero-order valence-corrected chi connectivity index (χ0v) is 10.3. The van der Waals surface area contributed by atoms with Gasteiger partial charge in [0.15, 0.2) is 0 Å². The van der Waals surface area contributed by atoms with Crippen LogP contribution in [0.15, 0.2) is 12.3 Å². The number of pyridine rings is 1. The maximum atomic E-state index is 11.1.